The summed E-state index contributed by atoms with van der Waals surface area (Å²) in [5.41, 5.74) is 4.82. The van der Waals surface area contributed by atoms with Gasteiger partial charge in [0.25, 0.3) is 0 Å². The van der Waals surface area contributed by atoms with Gasteiger partial charge in [0.1, 0.15) is 0 Å². The van der Waals surface area contributed by atoms with Crippen LogP contribution in [0.25, 0.3) is 21.9 Å². The van der Waals surface area contributed by atoms with E-state index >= 15 is 0 Å². The SMILES string of the molecule is CC(C)n1cc(C2CCN(CCCn3c(=O)[nH]c4ccccc43)CC2)c2ccccc21.Cl. The zero-order valence-corrected chi connectivity index (χ0v) is 19.8. The maximum Gasteiger partial charge on any atom is 0.326 e. The summed E-state index contributed by atoms with van der Waals surface area (Å²) in [6.07, 6.45) is 5.82. The van der Waals surface area contributed by atoms with Gasteiger partial charge in [-0.25, -0.2) is 4.79 Å². The van der Waals surface area contributed by atoms with Crippen LogP contribution in [0.3, 0.4) is 0 Å². The van der Waals surface area contributed by atoms with Crippen LogP contribution in [0.15, 0.2) is 59.5 Å². The van der Waals surface area contributed by atoms with Crippen LogP contribution in [0.5, 0.6) is 0 Å². The van der Waals surface area contributed by atoms with Crippen molar-refractivity contribution in [3.05, 3.63) is 70.8 Å². The van der Waals surface area contributed by atoms with Crippen LogP contribution < -0.4 is 5.69 Å². The molecule has 0 amide bonds. The number of nitrogens with zero attached hydrogens (tertiary/aromatic N) is 3. The van der Waals surface area contributed by atoms with Crippen LogP contribution in [0.4, 0.5) is 0 Å². The van der Waals surface area contributed by atoms with Gasteiger partial charge in [0.15, 0.2) is 0 Å². The van der Waals surface area contributed by atoms with Gasteiger partial charge in [0.05, 0.1) is 11.0 Å². The molecule has 0 spiro atoms. The number of aromatic nitrogens is 3. The molecule has 0 radical (unpaired) electrons. The summed E-state index contributed by atoms with van der Waals surface area (Å²) < 4.78 is 4.30. The largest absolute Gasteiger partial charge is 0.345 e. The Labute approximate surface area is 195 Å². The third-order valence-corrected chi connectivity index (χ3v) is 6.89. The third-order valence-electron chi connectivity index (χ3n) is 6.89. The van der Waals surface area contributed by atoms with Gasteiger partial charge in [-0.3, -0.25) is 4.57 Å². The van der Waals surface area contributed by atoms with Gasteiger partial charge in [-0.05, 0) is 82.4 Å². The second-order valence-electron chi connectivity index (χ2n) is 9.17. The molecule has 0 atom stereocenters. The number of para-hydroxylation sites is 3. The van der Waals surface area contributed by atoms with Crippen LogP contribution in [0, 0.1) is 0 Å². The molecule has 5 rings (SSSR count). The first kappa shape index (κ1) is 22.7. The van der Waals surface area contributed by atoms with Crippen LogP contribution in [0.1, 0.15) is 50.6 Å². The van der Waals surface area contributed by atoms with Crippen molar-refractivity contribution in [2.75, 3.05) is 19.6 Å². The number of H-pyrrole nitrogens is 1. The summed E-state index contributed by atoms with van der Waals surface area (Å²) >= 11 is 0. The quantitative estimate of drug-likeness (QED) is 0.416. The molecule has 2 aromatic heterocycles. The molecule has 170 valence electrons. The third kappa shape index (κ3) is 4.24. The number of nitrogens with one attached hydrogen (secondary N) is 1. The topological polar surface area (TPSA) is 46.0 Å². The minimum absolute atomic E-state index is 0. The Hall–Kier alpha value is -2.50. The molecule has 32 heavy (non-hydrogen) atoms. The summed E-state index contributed by atoms with van der Waals surface area (Å²) in [4.78, 5) is 17.8. The number of halogens is 1. The maximum atomic E-state index is 12.3. The first-order valence-electron chi connectivity index (χ1n) is 11.6. The van der Waals surface area contributed by atoms with Crippen molar-refractivity contribution in [3.8, 4) is 0 Å². The molecule has 2 aromatic carbocycles. The van der Waals surface area contributed by atoms with Crippen LogP contribution in [-0.4, -0.2) is 38.7 Å². The Morgan fingerprint density at radius 1 is 0.969 bits per heavy atom. The Morgan fingerprint density at radius 3 is 2.41 bits per heavy atom. The molecule has 5 nitrogen and oxygen atoms in total. The van der Waals surface area contributed by atoms with Gasteiger partial charge in [-0.1, -0.05) is 30.3 Å². The molecule has 3 heterocycles. The molecule has 4 aromatic rings. The van der Waals surface area contributed by atoms with Crippen molar-refractivity contribution in [1.29, 1.82) is 0 Å². The van der Waals surface area contributed by atoms with E-state index < -0.39 is 0 Å². The van der Waals surface area contributed by atoms with Crippen LogP contribution in [0.2, 0.25) is 0 Å². The fourth-order valence-electron chi connectivity index (χ4n) is 5.23. The van der Waals surface area contributed by atoms with Crippen molar-refractivity contribution in [2.45, 2.75) is 51.6 Å². The Bertz CT molecular complexity index is 1240. The van der Waals surface area contributed by atoms with E-state index in [9.17, 15) is 4.79 Å². The molecule has 0 aliphatic carbocycles. The Morgan fingerprint density at radius 2 is 1.66 bits per heavy atom. The number of imidazole rings is 1. The minimum atomic E-state index is 0. The molecule has 1 fully saturated rings. The fraction of sp³-hybridized carbons (Fsp3) is 0.423. The highest BCUT2D eigenvalue weighted by Gasteiger charge is 2.24. The molecule has 1 N–H and O–H groups in total. The van der Waals surface area contributed by atoms with Crippen molar-refractivity contribution < 1.29 is 0 Å². The summed E-state index contributed by atoms with van der Waals surface area (Å²) in [6.45, 7) is 8.61. The number of hydrogen-bond acceptors (Lipinski definition) is 2. The van der Waals surface area contributed by atoms with Crippen molar-refractivity contribution >= 4 is 34.3 Å². The van der Waals surface area contributed by atoms with Gasteiger partial charge in [-0.2, -0.15) is 0 Å². The standard InChI is InChI=1S/C26H32N4O.ClH/c1-19(2)30-18-22(21-8-3-5-10-24(21)30)20-12-16-28(17-13-20)14-7-15-29-25-11-6-4-9-23(25)27-26(29)31;/h3-6,8-11,18-20H,7,12-17H2,1-2H3,(H,27,31);1H. The molecule has 0 bridgehead atoms. The Kier molecular flexibility index (Phi) is 6.77. The molecule has 0 saturated carbocycles. The first-order chi connectivity index (χ1) is 15.1. The van der Waals surface area contributed by atoms with Gasteiger partial charge < -0.3 is 14.5 Å². The Balaban J connectivity index is 0.00000245. The lowest BCUT2D eigenvalue weighted by atomic mass is 9.89. The normalized spacial score (nSPS) is 15.6. The van der Waals surface area contributed by atoms with E-state index in [-0.39, 0.29) is 18.1 Å². The van der Waals surface area contributed by atoms with E-state index in [1.807, 2.05) is 28.8 Å². The van der Waals surface area contributed by atoms with Gasteiger partial charge >= 0.3 is 5.69 Å². The van der Waals surface area contributed by atoms with E-state index in [0.29, 0.717) is 12.0 Å². The summed E-state index contributed by atoms with van der Waals surface area (Å²) in [6, 6.07) is 17.3. The maximum absolute atomic E-state index is 12.3. The minimum Gasteiger partial charge on any atom is -0.345 e. The van der Waals surface area contributed by atoms with E-state index in [0.717, 1.165) is 43.6 Å². The molecule has 6 heteroatoms. The average Bonchev–Trinajstić information content (AvgIpc) is 3.32. The molecule has 0 unspecified atom stereocenters. The number of likely N-dealkylation sites (tertiary alicyclic amines) is 1. The molecule has 1 aliphatic rings. The van der Waals surface area contributed by atoms with E-state index in [1.165, 1.54) is 29.3 Å². The lowest BCUT2D eigenvalue weighted by molar-refractivity contribution is 0.207. The number of aryl methyl sites for hydroxylation is 1. The number of benzene rings is 2. The van der Waals surface area contributed by atoms with Gasteiger partial charge in [0.2, 0.25) is 0 Å². The first-order valence-corrected chi connectivity index (χ1v) is 11.6. The second kappa shape index (κ2) is 9.55. The average molecular weight is 453 g/mol. The van der Waals surface area contributed by atoms with Crippen molar-refractivity contribution in [1.82, 2.24) is 19.0 Å². The lowest BCUT2D eigenvalue weighted by Crippen LogP contribution is -2.34. The number of piperidine rings is 1. The van der Waals surface area contributed by atoms with E-state index in [2.05, 4.69) is 58.8 Å². The fourth-order valence-corrected chi connectivity index (χ4v) is 5.23. The highest BCUT2D eigenvalue weighted by atomic mass is 35.5. The summed E-state index contributed by atoms with van der Waals surface area (Å²) in [5, 5.41) is 1.42. The van der Waals surface area contributed by atoms with Crippen molar-refractivity contribution in [2.24, 2.45) is 0 Å². The van der Waals surface area contributed by atoms with E-state index in [1.54, 1.807) is 0 Å². The number of fused-ring (bicyclic) bond motifs is 2. The molecular weight excluding hydrogens is 420 g/mol. The smallest absolute Gasteiger partial charge is 0.326 e. The van der Waals surface area contributed by atoms with Gasteiger partial charge in [0, 0.05) is 29.7 Å². The van der Waals surface area contributed by atoms with Crippen molar-refractivity contribution in [3.63, 3.8) is 0 Å². The highest BCUT2D eigenvalue weighted by molar-refractivity contribution is 5.85. The number of aromatic amines is 1. The van der Waals surface area contributed by atoms with E-state index in [4.69, 9.17) is 0 Å². The molecule has 1 saturated heterocycles. The van der Waals surface area contributed by atoms with Gasteiger partial charge in [-0.15, -0.1) is 12.4 Å². The summed E-state index contributed by atoms with van der Waals surface area (Å²) in [5.74, 6) is 0.636. The lowest BCUT2D eigenvalue weighted by Gasteiger charge is -2.32. The second-order valence-corrected chi connectivity index (χ2v) is 9.17. The van der Waals surface area contributed by atoms with Crippen LogP contribution in [-0.2, 0) is 6.54 Å². The predicted molar refractivity (Wildman–Crippen MR) is 135 cm³/mol. The number of rotatable bonds is 6. The molecular formula is C26H33ClN4O. The highest BCUT2D eigenvalue weighted by Crippen LogP contribution is 2.35. The number of hydrogen-bond donors (Lipinski definition) is 1. The zero-order valence-electron chi connectivity index (χ0n) is 19.0. The molecule has 1 aliphatic heterocycles. The zero-order chi connectivity index (χ0) is 21.4. The predicted octanol–water partition coefficient (Wildman–Crippen LogP) is 5.56. The summed E-state index contributed by atoms with van der Waals surface area (Å²) in [7, 11) is 0. The monoisotopic (exact) mass is 452 g/mol. The van der Waals surface area contributed by atoms with Crippen LogP contribution >= 0.6 is 12.4 Å².